The molecule has 28 heavy (non-hydrogen) atoms. The number of ether oxygens (including phenoxy) is 2. The first-order valence-corrected chi connectivity index (χ1v) is 8.38. The summed E-state index contributed by atoms with van der Waals surface area (Å²) in [6.07, 6.45) is 0. The molecule has 0 atom stereocenters. The van der Waals surface area contributed by atoms with Gasteiger partial charge in [0.2, 0.25) is 0 Å². The average Bonchev–Trinajstić information content (AvgIpc) is 3.12. The van der Waals surface area contributed by atoms with Crippen LogP contribution < -0.4 is 20.1 Å². The number of carbonyl (C=O) groups is 2. The highest BCUT2D eigenvalue weighted by Gasteiger charge is 2.13. The summed E-state index contributed by atoms with van der Waals surface area (Å²) in [6.45, 7) is 1.73. The fraction of sp³-hybridized carbons (Fsp3) is 0.150. The Labute approximate surface area is 161 Å². The summed E-state index contributed by atoms with van der Waals surface area (Å²) < 4.78 is 15.3. The summed E-state index contributed by atoms with van der Waals surface area (Å²) in [7, 11) is 3.05. The second kappa shape index (κ2) is 8.26. The third-order valence-electron chi connectivity index (χ3n) is 3.93. The van der Waals surface area contributed by atoms with E-state index in [1.165, 1.54) is 14.2 Å². The summed E-state index contributed by atoms with van der Waals surface area (Å²) in [5, 5.41) is 9.11. The molecule has 0 fully saturated rings. The second-order valence-corrected chi connectivity index (χ2v) is 5.87. The monoisotopic (exact) mass is 381 g/mol. The van der Waals surface area contributed by atoms with Crippen molar-refractivity contribution < 1.29 is 23.6 Å². The molecule has 2 N–H and O–H groups in total. The minimum absolute atomic E-state index is 0.328. The molecule has 3 aromatic rings. The molecule has 0 aliphatic heterocycles. The Kier molecular flexibility index (Phi) is 5.59. The Hall–Kier alpha value is -3.81. The van der Waals surface area contributed by atoms with E-state index in [1.807, 2.05) is 0 Å². The maximum absolute atomic E-state index is 12.5. The van der Waals surface area contributed by atoms with Crippen molar-refractivity contribution in [3.8, 4) is 11.5 Å². The number of carbonyl (C=O) groups excluding carboxylic acids is 2. The molecule has 144 valence electrons. The molecule has 0 aliphatic carbocycles. The van der Waals surface area contributed by atoms with E-state index < -0.39 is 0 Å². The second-order valence-electron chi connectivity index (χ2n) is 5.87. The van der Waals surface area contributed by atoms with E-state index in [2.05, 4.69) is 15.8 Å². The number of anilines is 2. The van der Waals surface area contributed by atoms with E-state index in [-0.39, 0.29) is 11.8 Å². The number of hydrogen-bond acceptors (Lipinski definition) is 6. The number of rotatable bonds is 6. The highest BCUT2D eigenvalue weighted by Crippen LogP contribution is 2.29. The molecule has 2 amide bonds. The molecule has 0 bridgehead atoms. The largest absolute Gasteiger partial charge is 0.497 e. The van der Waals surface area contributed by atoms with Crippen molar-refractivity contribution in [2.45, 2.75) is 6.92 Å². The Morgan fingerprint density at radius 2 is 1.54 bits per heavy atom. The van der Waals surface area contributed by atoms with E-state index in [0.29, 0.717) is 39.9 Å². The van der Waals surface area contributed by atoms with Crippen LogP contribution >= 0.6 is 0 Å². The number of aromatic nitrogens is 1. The van der Waals surface area contributed by atoms with E-state index >= 15 is 0 Å². The standard InChI is InChI=1S/C20H19N3O5/c1-12-10-18(23-28-12)22-20(25)14-6-4-13(5-7-14)19(24)21-16-11-15(26-2)8-9-17(16)27-3/h4-11H,1-3H3,(H,21,24)(H,22,23,25). The highest BCUT2D eigenvalue weighted by atomic mass is 16.5. The molecule has 3 rings (SSSR count). The van der Waals surface area contributed by atoms with Crippen LogP contribution in [-0.4, -0.2) is 31.2 Å². The summed E-state index contributed by atoms with van der Waals surface area (Å²) >= 11 is 0. The number of nitrogens with zero attached hydrogens (tertiary/aromatic N) is 1. The van der Waals surface area contributed by atoms with Gasteiger partial charge in [-0.25, -0.2) is 0 Å². The van der Waals surface area contributed by atoms with Crippen molar-refractivity contribution in [1.29, 1.82) is 0 Å². The van der Waals surface area contributed by atoms with Crippen LogP contribution in [0.1, 0.15) is 26.5 Å². The molecule has 0 spiro atoms. The smallest absolute Gasteiger partial charge is 0.256 e. The van der Waals surface area contributed by atoms with Crippen LogP contribution in [0.2, 0.25) is 0 Å². The SMILES string of the molecule is COc1ccc(OC)c(NC(=O)c2ccc(C(=O)Nc3cc(C)on3)cc2)c1. The first-order chi connectivity index (χ1) is 13.5. The van der Waals surface area contributed by atoms with E-state index in [0.717, 1.165) is 0 Å². The van der Waals surface area contributed by atoms with Crippen LogP contribution in [0.25, 0.3) is 0 Å². The third-order valence-corrected chi connectivity index (χ3v) is 3.93. The lowest BCUT2D eigenvalue weighted by Gasteiger charge is -2.12. The van der Waals surface area contributed by atoms with Crippen LogP contribution in [0.4, 0.5) is 11.5 Å². The van der Waals surface area contributed by atoms with Crippen LogP contribution in [0.15, 0.2) is 53.1 Å². The molecule has 0 unspecified atom stereocenters. The molecule has 1 heterocycles. The van der Waals surface area contributed by atoms with E-state index in [4.69, 9.17) is 14.0 Å². The Balaban J connectivity index is 1.71. The molecule has 0 aliphatic rings. The Bertz CT molecular complexity index is 995. The number of aryl methyl sites for hydroxylation is 1. The van der Waals surface area contributed by atoms with Crippen LogP contribution in [0, 0.1) is 6.92 Å². The molecule has 0 radical (unpaired) electrons. The van der Waals surface area contributed by atoms with E-state index in [1.54, 1.807) is 55.5 Å². The minimum atomic E-state index is -0.352. The van der Waals surface area contributed by atoms with Gasteiger partial charge in [0.05, 0.1) is 19.9 Å². The number of benzene rings is 2. The van der Waals surface area contributed by atoms with Crippen molar-refractivity contribution in [2.75, 3.05) is 24.9 Å². The van der Waals surface area contributed by atoms with Crippen molar-refractivity contribution in [3.63, 3.8) is 0 Å². The normalized spacial score (nSPS) is 10.2. The lowest BCUT2D eigenvalue weighted by molar-refractivity contribution is 0.101. The molecule has 1 aromatic heterocycles. The zero-order chi connectivity index (χ0) is 20.1. The lowest BCUT2D eigenvalue weighted by Crippen LogP contribution is -2.15. The predicted molar refractivity (Wildman–Crippen MR) is 103 cm³/mol. The van der Waals surface area contributed by atoms with Crippen molar-refractivity contribution >= 4 is 23.3 Å². The van der Waals surface area contributed by atoms with Gasteiger partial charge in [-0.15, -0.1) is 0 Å². The minimum Gasteiger partial charge on any atom is -0.497 e. The van der Waals surface area contributed by atoms with Crippen LogP contribution in [-0.2, 0) is 0 Å². The Morgan fingerprint density at radius 3 is 2.07 bits per heavy atom. The van der Waals surface area contributed by atoms with Gasteiger partial charge in [0.15, 0.2) is 5.82 Å². The zero-order valence-corrected chi connectivity index (χ0v) is 15.6. The topological polar surface area (TPSA) is 103 Å². The molecule has 0 saturated carbocycles. The maximum atomic E-state index is 12.5. The third kappa shape index (κ3) is 4.29. The maximum Gasteiger partial charge on any atom is 0.256 e. The summed E-state index contributed by atoms with van der Waals surface area (Å²) in [5.41, 5.74) is 1.25. The number of nitrogens with one attached hydrogen (secondary N) is 2. The average molecular weight is 381 g/mol. The molecule has 0 saturated heterocycles. The summed E-state index contributed by atoms with van der Waals surface area (Å²) in [4.78, 5) is 24.8. The van der Waals surface area contributed by atoms with Crippen molar-refractivity contribution in [2.24, 2.45) is 0 Å². The van der Waals surface area contributed by atoms with Gasteiger partial charge < -0.3 is 24.6 Å². The van der Waals surface area contributed by atoms with Gasteiger partial charge >= 0.3 is 0 Å². The van der Waals surface area contributed by atoms with Gasteiger partial charge in [0.1, 0.15) is 17.3 Å². The number of methoxy groups -OCH3 is 2. The molecule has 8 heteroatoms. The van der Waals surface area contributed by atoms with Gasteiger partial charge in [-0.2, -0.15) is 0 Å². The summed E-state index contributed by atoms with van der Waals surface area (Å²) in [6, 6.07) is 12.9. The predicted octanol–water partition coefficient (Wildman–Crippen LogP) is 3.50. The van der Waals surface area contributed by atoms with Gasteiger partial charge in [-0.3, -0.25) is 9.59 Å². The number of amides is 2. The lowest BCUT2D eigenvalue weighted by atomic mass is 10.1. The molecular formula is C20H19N3O5. The van der Waals surface area contributed by atoms with Crippen molar-refractivity contribution in [1.82, 2.24) is 5.16 Å². The van der Waals surface area contributed by atoms with Crippen LogP contribution in [0.3, 0.4) is 0 Å². The fourth-order valence-corrected chi connectivity index (χ4v) is 2.49. The van der Waals surface area contributed by atoms with E-state index in [9.17, 15) is 9.59 Å². The molecule has 8 nitrogen and oxygen atoms in total. The van der Waals surface area contributed by atoms with Gasteiger partial charge in [-0.1, -0.05) is 5.16 Å². The van der Waals surface area contributed by atoms with Gasteiger partial charge in [0.25, 0.3) is 11.8 Å². The molecular weight excluding hydrogens is 362 g/mol. The highest BCUT2D eigenvalue weighted by molar-refractivity contribution is 6.07. The first kappa shape index (κ1) is 19.0. The van der Waals surface area contributed by atoms with Gasteiger partial charge in [0, 0.05) is 23.3 Å². The molecule has 2 aromatic carbocycles. The number of hydrogen-bond donors (Lipinski definition) is 2. The quantitative estimate of drug-likeness (QED) is 0.677. The summed E-state index contributed by atoms with van der Waals surface area (Å²) in [5.74, 6) is 1.32. The Morgan fingerprint density at radius 1 is 0.893 bits per heavy atom. The van der Waals surface area contributed by atoms with Crippen molar-refractivity contribution in [3.05, 3.63) is 65.4 Å². The zero-order valence-electron chi connectivity index (χ0n) is 15.6. The van der Waals surface area contributed by atoms with Crippen LogP contribution in [0.5, 0.6) is 11.5 Å². The first-order valence-electron chi connectivity index (χ1n) is 8.38. The van der Waals surface area contributed by atoms with Gasteiger partial charge in [-0.05, 0) is 43.3 Å². The fourth-order valence-electron chi connectivity index (χ4n) is 2.49.